The normalized spacial score (nSPS) is 13.8. The molecule has 168 valence electrons. The molecule has 0 unspecified atom stereocenters. The van der Waals surface area contributed by atoms with Crippen molar-refractivity contribution in [3.63, 3.8) is 0 Å². The molecule has 0 spiro atoms. The number of methoxy groups -OCH3 is 1. The van der Waals surface area contributed by atoms with E-state index in [1.807, 2.05) is 48.5 Å². The Kier molecular flexibility index (Phi) is 8.75. The van der Waals surface area contributed by atoms with Gasteiger partial charge >= 0.3 is 5.97 Å². The lowest BCUT2D eigenvalue weighted by atomic mass is 9.89. The van der Waals surface area contributed by atoms with E-state index in [9.17, 15) is 9.59 Å². The van der Waals surface area contributed by atoms with Crippen molar-refractivity contribution < 1.29 is 14.6 Å². The molecule has 1 aromatic heterocycles. The summed E-state index contributed by atoms with van der Waals surface area (Å²) in [6.07, 6.45) is 6.27. The van der Waals surface area contributed by atoms with Crippen LogP contribution in [-0.2, 0) is 16.1 Å². The molecule has 1 saturated carbocycles. The van der Waals surface area contributed by atoms with Crippen LogP contribution >= 0.6 is 0 Å². The molecule has 1 N–H and O–H groups in total. The Morgan fingerprint density at radius 3 is 2.12 bits per heavy atom. The van der Waals surface area contributed by atoms with E-state index in [1.165, 1.54) is 39.2 Å². The summed E-state index contributed by atoms with van der Waals surface area (Å²) < 4.78 is 5.89. The first-order chi connectivity index (χ1) is 15.6. The lowest BCUT2D eigenvalue weighted by Gasteiger charge is -2.22. The summed E-state index contributed by atoms with van der Waals surface area (Å²) in [6.45, 7) is 0.522. The van der Waals surface area contributed by atoms with E-state index < -0.39 is 5.97 Å². The van der Waals surface area contributed by atoms with E-state index in [4.69, 9.17) is 10.2 Å². The first kappa shape index (κ1) is 23.4. The Morgan fingerprint density at radius 1 is 1.00 bits per heavy atom. The van der Waals surface area contributed by atoms with Gasteiger partial charge in [0.05, 0.1) is 5.69 Å². The molecule has 0 saturated heterocycles. The molecule has 1 fully saturated rings. The van der Waals surface area contributed by atoms with E-state index in [2.05, 4.69) is 16.9 Å². The highest BCUT2D eigenvalue weighted by molar-refractivity contribution is 5.80. The van der Waals surface area contributed by atoms with Gasteiger partial charge in [0.25, 0.3) is 5.56 Å². The van der Waals surface area contributed by atoms with Crippen molar-refractivity contribution >= 4 is 5.97 Å². The van der Waals surface area contributed by atoms with Crippen LogP contribution in [0.25, 0.3) is 22.4 Å². The van der Waals surface area contributed by atoms with E-state index in [-0.39, 0.29) is 12.2 Å². The molecule has 1 aliphatic carbocycles. The molecule has 3 aromatic rings. The van der Waals surface area contributed by atoms with E-state index in [0.29, 0.717) is 5.92 Å². The molecule has 0 radical (unpaired) electrons. The van der Waals surface area contributed by atoms with Crippen LogP contribution < -0.4 is 5.56 Å². The van der Waals surface area contributed by atoms with E-state index in [1.54, 1.807) is 10.7 Å². The van der Waals surface area contributed by atoms with Crippen LogP contribution in [0.2, 0.25) is 0 Å². The largest absolute Gasteiger partial charge is 0.480 e. The van der Waals surface area contributed by atoms with Gasteiger partial charge in [-0.3, -0.25) is 4.79 Å². The third-order valence-electron chi connectivity index (χ3n) is 5.55. The van der Waals surface area contributed by atoms with Crippen LogP contribution in [0.1, 0.15) is 32.1 Å². The zero-order valence-corrected chi connectivity index (χ0v) is 18.4. The molecule has 0 amide bonds. The number of carboxylic acid groups (broad SMARTS) is 1. The van der Waals surface area contributed by atoms with E-state index >= 15 is 0 Å². The number of benzene rings is 2. The van der Waals surface area contributed by atoms with Gasteiger partial charge in [-0.15, -0.1) is 0 Å². The second-order valence-electron chi connectivity index (χ2n) is 7.99. The molecule has 4 rings (SSSR count). The number of nitrogens with zero attached hydrogens (tertiary/aromatic N) is 2. The predicted molar refractivity (Wildman–Crippen MR) is 125 cm³/mol. The minimum atomic E-state index is -0.933. The zero-order valence-electron chi connectivity index (χ0n) is 18.4. The second-order valence-corrected chi connectivity index (χ2v) is 7.99. The Bertz CT molecular complexity index is 1040. The standard InChI is InChI=1S/C23H24N2O.C3H6O3/c26-22-16-21(19-12-6-2-7-13-19)23(20-14-8-3-9-15-20)24-25(22)17-18-10-4-1-5-11-18;1-6-2-3(4)5/h2-3,6-9,12-16,18H,1,4-5,10-11,17H2;2H2,1H3,(H,4,5). The molecule has 0 atom stereocenters. The zero-order chi connectivity index (χ0) is 22.8. The third-order valence-corrected chi connectivity index (χ3v) is 5.55. The number of ether oxygens (including phenoxy) is 1. The van der Waals surface area contributed by atoms with Crippen molar-refractivity contribution in [2.24, 2.45) is 5.92 Å². The van der Waals surface area contributed by atoms with Crippen molar-refractivity contribution in [1.82, 2.24) is 9.78 Å². The van der Waals surface area contributed by atoms with Gasteiger partial charge in [0.2, 0.25) is 0 Å². The Labute approximate surface area is 188 Å². The fourth-order valence-corrected chi connectivity index (χ4v) is 4.01. The fourth-order valence-electron chi connectivity index (χ4n) is 4.01. The highest BCUT2D eigenvalue weighted by Crippen LogP contribution is 2.29. The van der Waals surface area contributed by atoms with Crippen molar-refractivity contribution in [2.45, 2.75) is 38.6 Å². The highest BCUT2D eigenvalue weighted by atomic mass is 16.5. The van der Waals surface area contributed by atoms with Crippen LogP contribution in [0.4, 0.5) is 0 Å². The maximum atomic E-state index is 12.8. The molecule has 0 bridgehead atoms. The Morgan fingerprint density at radius 2 is 1.59 bits per heavy atom. The van der Waals surface area contributed by atoms with Crippen molar-refractivity contribution in [3.8, 4) is 22.4 Å². The molecule has 32 heavy (non-hydrogen) atoms. The topological polar surface area (TPSA) is 81.4 Å². The Balaban J connectivity index is 0.000000427. The van der Waals surface area contributed by atoms with Crippen LogP contribution in [0.3, 0.4) is 0 Å². The quantitative estimate of drug-likeness (QED) is 0.598. The van der Waals surface area contributed by atoms with Gasteiger partial charge in [0.15, 0.2) is 0 Å². The van der Waals surface area contributed by atoms with Gasteiger partial charge in [0.1, 0.15) is 6.61 Å². The van der Waals surface area contributed by atoms with Crippen LogP contribution in [-0.4, -0.2) is 34.6 Å². The molecule has 1 aliphatic rings. The lowest BCUT2D eigenvalue weighted by Crippen LogP contribution is -2.27. The average molecular weight is 435 g/mol. The number of hydrogen-bond donors (Lipinski definition) is 1. The van der Waals surface area contributed by atoms with Crippen LogP contribution in [0, 0.1) is 5.92 Å². The molecule has 2 aromatic carbocycles. The minimum absolute atomic E-state index is 0.00546. The number of aromatic nitrogens is 2. The molecular weight excluding hydrogens is 404 g/mol. The van der Waals surface area contributed by atoms with E-state index in [0.717, 1.165) is 28.9 Å². The first-order valence-electron chi connectivity index (χ1n) is 11.0. The smallest absolute Gasteiger partial charge is 0.329 e. The summed E-state index contributed by atoms with van der Waals surface area (Å²) in [4.78, 5) is 22.2. The van der Waals surface area contributed by atoms with Gasteiger partial charge in [-0.25, -0.2) is 9.48 Å². The van der Waals surface area contributed by atoms with Gasteiger partial charge in [-0.1, -0.05) is 79.9 Å². The van der Waals surface area contributed by atoms with Crippen LogP contribution in [0.5, 0.6) is 0 Å². The lowest BCUT2D eigenvalue weighted by molar-refractivity contribution is -0.141. The summed E-state index contributed by atoms with van der Waals surface area (Å²) >= 11 is 0. The summed E-state index contributed by atoms with van der Waals surface area (Å²) in [5.74, 6) is -0.363. The van der Waals surface area contributed by atoms with Gasteiger partial charge in [0, 0.05) is 30.8 Å². The maximum absolute atomic E-state index is 12.8. The summed E-state index contributed by atoms with van der Waals surface area (Å²) in [7, 11) is 1.34. The predicted octanol–water partition coefficient (Wildman–Crippen LogP) is 4.88. The maximum Gasteiger partial charge on any atom is 0.329 e. The number of hydrogen-bond acceptors (Lipinski definition) is 4. The van der Waals surface area contributed by atoms with Gasteiger partial charge in [-0.2, -0.15) is 5.10 Å². The first-order valence-corrected chi connectivity index (χ1v) is 11.0. The summed E-state index contributed by atoms with van der Waals surface area (Å²) in [5, 5.41) is 12.6. The van der Waals surface area contributed by atoms with Crippen LogP contribution in [0.15, 0.2) is 71.5 Å². The monoisotopic (exact) mass is 434 g/mol. The number of rotatable bonds is 6. The molecule has 6 nitrogen and oxygen atoms in total. The number of aliphatic carboxylic acids is 1. The van der Waals surface area contributed by atoms with Crippen molar-refractivity contribution in [2.75, 3.05) is 13.7 Å². The number of carbonyl (C=O) groups is 1. The average Bonchev–Trinajstić information content (AvgIpc) is 2.82. The van der Waals surface area contributed by atoms with Crippen molar-refractivity contribution in [1.29, 1.82) is 0 Å². The molecule has 6 heteroatoms. The third kappa shape index (κ3) is 6.62. The molecule has 1 heterocycles. The highest BCUT2D eigenvalue weighted by Gasteiger charge is 2.17. The van der Waals surface area contributed by atoms with Gasteiger partial charge in [-0.05, 0) is 24.3 Å². The van der Waals surface area contributed by atoms with Gasteiger partial charge < -0.3 is 9.84 Å². The second kappa shape index (κ2) is 12.0. The summed E-state index contributed by atoms with van der Waals surface area (Å²) in [6, 6.07) is 22.0. The molecular formula is C26H30N2O4. The van der Waals surface area contributed by atoms with Crippen molar-refractivity contribution in [3.05, 3.63) is 77.1 Å². The summed E-state index contributed by atoms with van der Waals surface area (Å²) in [5.41, 5.74) is 3.85. The Hall–Kier alpha value is -3.25. The minimum Gasteiger partial charge on any atom is -0.480 e. The SMILES string of the molecule is COCC(=O)O.O=c1cc(-c2ccccc2)c(-c2ccccc2)nn1CC1CCCCC1. The number of carboxylic acids is 1. The fraction of sp³-hybridized carbons (Fsp3) is 0.346. The molecule has 0 aliphatic heterocycles.